The van der Waals surface area contributed by atoms with Crippen LogP contribution in [0, 0.1) is 0 Å². The van der Waals surface area contributed by atoms with Crippen LogP contribution in [0.3, 0.4) is 0 Å². The summed E-state index contributed by atoms with van der Waals surface area (Å²) in [6.07, 6.45) is 2.93. The molecule has 1 N–H and O–H groups in total. The molecule has 0 aromatic carbocycles. The maximum atomic E-state index is 11.5. The van der Waals surface area contributed by atoms with E-state index in [4.69, 9.17) is 4.74 Å². The molecule has 0 saturated heterocycles. The second-order valence-electron chi connectivity index (χ2n) is 3.83. The smallest absolute Gasteiger partial charge is 0.341 e. The summed E-state index contributed by atoms with van der Waals surface area (Å²) in [5.41, 5.74) is 0.327. The number of carbonyl (C=O) groups excluding carboxylic acids is 2. The Hall–Kier alpha value is -2.15. The van der Waals surface area contributed by atoms with Gasteiger partial charge in [-0.15, -0.1) is 11.3 Å². The highest BCUT2D eigenvalue weighted by molar-refractivity contribution is 7.09. The number of hydrogen-bond acceptors (Lipinski definition) is 5. The lowest BCUT2D eigenvalue weighted by atomic mass is 10.4. The molecule has 0 atom stereocenters. The number of thiophene rings is 1. The predicted molar refractivity (Wildman–Crippen MR) is 69.7 cm³/mol. The van der Waals surface area contributed by atoms with E-state index in [9.17, 15) is 9.59 Å². The van der Waals surface area contributed by atoms with Crippen LogP contribution in [0.15, 0.2) is 29.9 Å². The fraction of sp³-hybridized carbons (Fsp3) is 0.250. The maximum Gasteiger partial charge on any atom is 0.341 e. The molecule has 0 radical (unpaired) electrons. The summed E-state index contributed by atoms with van der Waals surface area (Å²) in [6, 6.07) is 3.83. The summed E-state index contributed by atoms with van der Waals surface area (Å²) in [5.74, 6) is -0.884. The molecule has 0 unspecified atom stereocenters. The number of rotatable bonds is 5. The molecule has 6 nitrogen and oxygen atoms in total. The van der Waals surface area contributed by atoms with E-state index in [-0.39, 0.29) is 12.5 Å². The molecule has 0 aliphatic rings. The number of esters is 1. The van der Waals surface area contributed by atoms with Gasteiger partial charge in [0.05, 0.1) is 18.3 Å². The Morgan fingerprint density at radius 2 is 2.37 bits per heavy atom. The number of nitrogens with one attached hydrogen (secondary N) is 1. The van der Waals surface area contributed by atoms with Crippen LogP contribution in [0.25, 0.3) is 0 Å². The Morgan fingerprint density at radius 3 is 3.00 bits per heavy atom. The van der Waals surface area contributed by atoms with E-state index in [1.165, 1.54) is 17.1 Å². The fourth-order valence-corrected chi connectivity index (χ4v) is 2.04. The van der Waals surface area contributed by atoms with Gasteiger partial charge in [0.2, 0.25) is 0 Å². The maximum absolute atomic E-state index is 11.5. The van der Waals surface area contributed by atoms with Crippen molar-refractivity contribution in [2.24, 2.45) is 7.05 Å². The van der Waals surface area contributed by atoms with Crippen LogP contribution in [0.5, 0.6) is 0 Å². The van der Waals surface area contributed by atoms with Crippen LogP contribution in [0.4, 0.5) is 0 Å². The van der Waals surface area contributed by atoms with E-state index in [2.05, 4.69) is 10.4 Å². The fourth-order valence-electron chi connectivity index (χ4n) is 1.39. The van der Waals surface area contributed by atoms with Crippen molar-refractivity contribution in [2.45, 2.75) is 6.54 Å². The molecule has 2 aromatic rings. The molecule has 0 bridgehead atoms. The number of amides is 1. The van der Waals surface area contributed by atoms with Gasteiger partial charge in [0.1, 0.15) is 0 Å². The van der Waals surface area contributed by atoms with Crippen molar-refractivity contribution < 1.29 is 14.3 Å². The lowest BCUT2D eigenvalue weighted by Crippen LogP contribution is -2.28. The van der Waals surface area contributed by atoms with E-state index in [1.54, 1.807) is 18.4 Å². The first-order valence-corrected chi connectivity index (χ1v) is 6.48. The minimum absolute atomic E-state index is 0.293. The third-order valence-electron chi connectivity index (χ3n) is 2.31. The first kappa shape index (κ1) is 13.3. The summed E-state index contributed by atoms with van der Waals surface area (Å²) < 4.78 is 6.37. The number of aromatic nitrogens is 2. The van der Waals surface area contributed by atoms with Gasteiger partial charge in [0, 0.05) is 18.1 Å². The Balaban J connectivity index is 1.73. The minimum atomic E-state index is -0.556. The number of aryl methyl sites for hydroxylation is 1. The highest BCUT2D eigenvalue weighted by atomic mass is 32.1. The molecule has 0 spiro atoms. The predicted octanol–water partition coefficient (Wildman–Crippen LogP) is 0.955. The van der Waals surface area contributed by atoms with Crippen molar-refractivity contribution in [1.82, 2.24) is 15.1 Å². The zero-order valence-corrected chi connectivity index (χ0v) is 11.1. The van der Waals surface area contributed by atoms with Crippen LogP contribution >= 0.6 is 11.3 Å². The summed E-state index contributed by atoms with van der Waals surface area (Å²) in [4.78, 5) is 24.1. The van der Waals surface area contributed by atoms with Crippen molar-refractivity contribution >= 4 is 23.2 Å². The number of hydrogen-bond donors (Lipinski definition) is 1. The number of nitrogens with zero attached hydrogens (tertiary/aromatic N) is 2. The van der Waals surface area contributed by atoms with Crippen molar-refractivity contribution in [1.29, 1.82) is 0 Å². The molecule has 0 saturated carbocycles. The summed E-state index contributed by atoms with van der Waals surface area (Å²) in [6.45, 7) is 0.153. The average Bonchev–Trinajstić information content (AvgIpc) is 3.04. The van der Waals surface area contributed by atoms with Gasteiger partial charge in [0.25, 0.3) is 5.91 Å². The molecule has 2 rings (SSSR count). The van der Waals surface area contributed by atoms with Gasteiger partial charge in [-0.3, -0.25) is 9.48 Å². The van der Waals surface area contributed by atoms with E-state index in [0.29, 0.717) is 12.1 Å². The molecular formula is C12H13N3O3S. The Kier molecular flexibility index (Phi) is 4.30. The molecule has 2 aromatic heterocycles. The van der Waals surface area contributed by atoms with Gasteiger partial charge >= 0.3 is 5.97 Å². The van der Waals surface area contributed by atoms with Gasteiger partial charge in [-0.1, -0.05) is 6.07 Å². The molecule has 19 heavy (non-hydrogen) atoms. The molecule has 0 fully saturated rings. The normalized spacial score (nSPS) is 10.2. The van der Waals surface area contributed by atoms with Crippen molar-refractivity contribution in [3.05, 3.63) is 40.3 Å². The summed E-state index contributed by atoms with van der Waals surface area (Å²) in [7, 11) is 1.70. The third kappa shape index (κ3) is 3.92. The van der Waals surface area contributed by atoms with Crippen LogP contribution in [0.2, 0.25) is 0 Å². The second kappa shape index (κ2) is 6.14. The SMILES string of the molecule is Cn1cc(C(=O)OCC(=O)NCc2cccs2)cn1. The summed E-state index contributed by atoms with van der Waals surface area (Å²) >= 11 is 1.56. The van der Waals surface area contributed by atoms with Gasteiger partial charge in [-0.25, -0.2) is 4.79 Å². The Labute approximate surface area is 114 Å². The van der Waals surface area contributed by atoms with E-state index < -0.39 is 5.97 Å². The molecular weight excluding hydrogens is 266 g/mol. The molecule has 7 heteroatoms. The van der Waals surface area contributed by atoms with Crippen molar-refractivity contribution in [3.8, 4) is 0 Å². The van der Waals surface area contributed by atoms with Gasteiger partial charge in [-0.05, 0) is 11.4 Å². The zero-order valence-electron chi connectivity index (χ0n) is 10.3. The highest BCUT2D eigenvalue weighted by Crippen LogP contribution is 2.07. The monoisotopic (exact) mass is 279 g/mol. The summed E-state index contributed by atoms with van der Waals surface area (Å²) in [5, 5.41) is 8.46. The lowest BCUT2D eigenvalue weighted by Gasteiger charge is -2.04. The van der Waals surface area contributed by atoms with Crippen LogP contribution < -0.4 is 5.32 Å². The number of ether oxygens (including phenoxy) is 1. The number of carbonyl (C=O) groups is 2. The largest absolute Gasteiger partial charge is 0.452 e. The first-order chi connectivity index (χ1) is 9.15. The zero-order chi connectivity index (χ0) is 13.7. The van der Waals surface area contributed by atoms with Crippen LogP contribution in [-0.4, -0.2) is 28.3 Å². The van der Waals surface area contributed by atoms with Crippen LogP contribution in [0.1, 0.15) is 15.2 Å². The van der Waals surface area contributed by atoms with Crippen molar-refractivity contribution in [3.63, 3.8) is 0 Å². The highest BCUT2D eigenvalue weighted by Gasteiger charge is 2.11. The molecule has 0 aliphatic heterocycles. The van der Waals surface area contributed by atoms with Crippen molar-refractivity contribution in [2.75, 3.05) is 6.61 Å². The van der Waals surface area contributed by atoms with E-state index in [1.807, 2.05) is 17.5 Å². The average molecular weight is 279 g/mol. The first-order valence-electron chi connectivity index (χ1n) is 5.60. The molecule has 1 amide bonds. The van der Waals surface area contributed by atoms with Gasteiger partial charge in [0.15, 0.2) is 6.61 Å². The standard InChI is InChI=1S/C12H13N3O3S/c1-15-7-9(5-14-15)12(17)18-8-11(16)13-6-10-3-2-4-19-10/h2-5,7H,6,8H2,1H3,(H,13,16). The lowest BCUT2D eigenvalue weighted by molar-refractivity contribution is -0.124. The Bertz CT molecular complexity index is 563. The molecule has 0 aliphatic carbocycles. The van der Waals surface area contributed by atoms with Crippen LogP contribution in [-0.2, 0) is 23.1 Å². The minimum Gasteiger partial charge on any atom is -0.452 e. The molecule has 100 valence electrons. The Morgan fingerprint density at radius 1 is 1.53 bits per heavy atom. The quantitative estimate of drug-likeness (QED) is 0.827. The van der Waals surface area contributed by atoms with Gasteiger partial charge < -0.3 is 10.1 Å². The second-order valence-corrected chi connectivity index (χ2v) is 4.87. The molecule has 2 heterocycles. The van der Waals surface area contributed by atoms with E-state index in [0.717, 1.165) is 4.88 Å². The topological polar surface area (TPSA) is 73.2 Å². The van der Waals surface area contributed by atoms with E-state index >= 15 is 0 Å². The van der Waals surface area contributed by atoms with Gasteiger partial charge in [-0.2, -0.15) is 5.10 Å². The third-order valence-corrected chi connectivity index (χ3v) is 3.19.